The molecule has 0 bridgehead atoms. The van der Waals surface area contributed by atoms with Crippen LogP contribution in [0.1, 0.15) is 63.0 Å². The Balaban J connectivity index is 1.57. The predicted molar refractivity (Wildman–Crippen MR) is 121 cm³/mol. The van der Waals surface area contributed by atoms with Gasteiger partial charge in [0.1, 0.15) is 5.75 Å². The summed E-state index contributed by atoms with van der Waals surface area (Å²) >= 11 is 0. The lowest BCUT2D eigenvalue weighted by atomic mass is 9.73. The summed E-state index contributed by atoms with van der Waals surface area (Å²) in [5.41, 5.74) is 3.63. The summed E-state index contributed by atoms with van der Waals surface area (Å²) in [6.07, 6.45) is 7.49. The van der Waals surface area contributed by atoms with E-state index in [1.807, 2.05) is 12.1 Å². The molecule has 0 saturated heterocycles. The molecular formula is C25H37NO7. The number of aliphatic hydroxyl groups excluding tert-OH is 2. The lowest BCUT2D eigenvalue weighted by Gasteiger charge is -2.32. The van der Waals surface area contributed by atoms with Gasteiger partial charge in [0.15, 0.2) is 13.2 Å². The summed E-state index contributed by atoms with van der Waals surface area (Å²) in [4.78, 5) is 22.8. The van der Waals surface area contributed by atoms with Gasteiger partial charge in [-0.15, -0.1) is 0 Å². The molecular weight excluding hydrogens is 426 g/mol. The number of unbranched alkanes of at least 4 members (excludes halogenated alkanes) is 2. The van der Waals surface area contributed by atoms with Crippen LogP contribution in [0.5, 0.6) is 5.75 Å². The summed E-state index contributed by atoms with van der Waals surface area (Å²) in [7, 11) is 0. The molecule has 8 heteroatoms. The summed E-state index contributed by atoms with van der Waals surface area (Å²) in [5, 5.41) is 29.6. The van der Waals surface area contributed by atoms with Crippen molar-refractivity contribution < 1.29 is 34.5 Å². The van der Waals surface area contributed by atoms with E-state index in [2.05, 4.69) is 13.0 Å². The topological polar surface area (TPSA) is 125 Å². The number of carbonyl (C=O) groups excluding carboxylic acids is 2. The highest BCUT2D eigenvalue weighted by atomic mass is 16.6. The third-order valence-electron chi connectivity index (χ3n) is 7.15. The highest BCUT2D eigenvalue weighted by Gasteiger charge is 2.44. The van der Waals surface area contributed by atoms with Crippen LogP contribution < -0.4 is 10.2 Å². The third kappa shape index (κ3) is 6.91. The fraction of sp³-hybridized carbons (Fsp3) is 0.680. The maximum absolute atomic E-state index is 11.8. The monoisotopic (exact) mass is 463 g/mol. The number of ether oxygens (including phenoxy) is 2. The lowest BCUT2D eigenvalue weighted by molar-refractivity contribution is -0.152. The number of benzene rings is 1. The quantitative estimate of drug-likeness (QED) is 0.162. The van der Waals surface area contributed by atoms with Gasteiger partial charge in [0.05, 0.1) is 12.2 Å². The van der Waals surface area contributed by atoms with Gasteiger partial charge >= 0.3 is 5.97 Å². The molecule has 1 fully saturated rings. The number of aliphatic hydroxyl groups is 2. The SMILES string of the molecule is CCCCC[C@@H](O)CC[C@@H]1C2Cc3cccc(OCC(=O)OCC(=O)NO)c3CC2C[C@H]1O. The van der Waals surface area contributed by atoms with Crippen molar-refractivity contribution in [1.29, 1.82) is 0 Å². The van der Waals surface area contributed by atoms with Gasteiger partial charge in [-0.3, -0.25) is 10.0 Å². The molecule has 0 radical (unpaired) electrons. The summed E-state index contributed by atoms with van der Waals surface area (Å²) in [6.45, 7) is 1.26. The molecule has 1 aromatic carbocycles. The van der Waals surface area contributed by atoms with E-state index in [4.69, 9.17) is 14.7 Å². The zero-order valence-corrected chi connectivity index (χ0v) is 19.4. The van der Waals surface area contributed by atoms with Crippen LogP contribution in [0.4, 0.5) is 0 Å². The molecule has 2 unspecified atom stereocenters. The number of rotatable bonds is 12. The molecule has 4 N–H and O–H groups in total. The van der Waals surface area contributed by atoms with Crippen molar-refractivity contribution in [3.8, 4) is 5.75 Å². The van der Waals surface area contributed by atoms with Gasteiger partial charge in [-0.1, -0.05) is 38.3 Å². The maximum Gasteiger partial charge on any atom is 0.344 e. The molecule has 8 nitrogen and oxygen atoms in total. The molecule has 1 saturated carbocycles. The van der Waals surface area contributed by atoms with Crippen LogP contribution in [0.2, 0.25) is 0 Å². The molecule has 5 atom stereocenters. The fourth-order valence-electron chi connectivity index (χ4n) is 5.46. The Morgan fingerprint density at radius 3 is 2.76 bits per heavy atom. The van der Waals surface area contributed by atoms with E-state index in [9.17, 15) is 19.8 Å². The molecule has 0 heterocycles. The van der Waals surface area contributed by atoms with Crippen LogP contribution in [0.15, 0.2) is 18.2 Å². The van der Waals surface area contributed by atoms with Gasteiger partial charge in [0, 0.05) is 0 Å². The zero-order chi connectivity index (χ0) is 23.8. The third-order valence-corrected chi connectivity index (χ3v) is 7.15. The largest absolute Gasteiger partial charge is 0.482 e. The van der Waals surface area contributed by atoms with E-state index < -0.39 is 18.5 Å². The average molecular weight is 464 g/mol. The molecule has 3 rings (SSSR count). The number of amides is 1. The number of nitrogens with one attached hydrogen (secondary N) is 1. The van der Waals surface area contributed by atoms with Crippen LogP contribution in [0, 0.1) is 17.8 Å². The minimum atomic E-state index is -0.811. The van der Waals surface area contributed by atoms with Gasteiger partial charge in [0.25, 0.3) is 5.91 Å². The van der Waals surface area contributed by atoms with E-state index in [1.54, 1.807) is 0 Å². The van der Waals surface area contributed by atoms with Crippen LogP contribution in [0.3, 0.4) is 0 Å². The number of hydrogen-bond acceptors (Lipinski definition) is 7. The van der Waals surface area contributed by atoms with Crippen molar-refractivity contribution in [3.63, 3.8) is 0 Å². The first-order chi connectivity index (χ1) is 15.9. The van der Waals surface area contributed by atoms with E-state index in [1.165, 1.54) is 11.0 Å². The molecule has 0 aromatic heterocycles. The second-order valence-electron chi connectivity index (χ2n) is 9.40. The highest BCUT2D eigenvalue weighted by Crippen LogP contribution is 2.48. The number of fused-ring (bicyclic) bond motifs is 2. The standard InChI is InChI=1S/C25H37NO7/c1-2-3-4-7-18(27)9-10-19-20-11-16-6-5-8-23(21(16)12-17(20)13-22(19)28)32-15-25(30)33-14-24(29)26-31/h5-6,8,17-20,22,27-28,31H,2-4,7,9-15H2,1H3,(H,26,29)/t17?,18-,19-,20?,22-/m1/s1. The zero-order valence-electron chi connectivity index (χ0n) is 19.4. The molecule has 0 spiro atoms. The van der Waals surface area contributed by atoms with Crippen molar-refractivity contribution in [1.82, 2.24) is 5.48 Å². The number of carbonyl (C=O) groups is 2. The second kappa shape index (κ2) is 12.3. The molecule has 184 valence electrons. The molecule has 2 aliphatic carbocycles. The summed E-state index contributed by atoms with van der Waals surface area (Å²) < 4.78 is 10.4. The molecule has 1 amide bonds. The first-order valence-corrected chi connectivity index (χ1v) is 12.1. The van der Waals surface area contributed by atoms with Gasteiger partial charge in [-0.2, -0.15) is 0 Å². The van der Waals surface area contributed by atoms with Gasteiger partial charge in [-0.25, -0.2) is 10.3 Å². The van der Waals surface area contributed by atoms with Gasteiger partial charge in [0.2, 0.25) is 0 Å². The van der Waals surface area contributed by atoms with Crippen molar-refractivity contribution >= 4 is 11.9 Å². The maximum atomic E-state index is 11.8. The average Bonchev–Trinajstić information content (AvgIpc) is 3.12. The summed E-state index contributed by atoms with van der Waals surface area (Å²) in [6, 6.07) is 5.79. The van der Waals surface area contributed by atoms with Crippen LogP contribution in [-0.2, 0) is 27.2 Å². The smallest absolute Gasteiger partial charge is 0.344 e. The van der Waals surface area contributed by atoms with Crippen LogP contribution >= 0.6 is 0 Å². The van der Waals surface area contributed by atoms with E-state index >= 15 is 0 Å². The number of esters is 1. The second-order valence-corrected chi connectivity index (χ2v) is 9.40. The Labute approximate surface area is 195 Å². The lowest BCUT2D eigenvalue weighted by Crippen LogP contribution is -2.29. The van der Waals surface area contributed by atoms with E-state index in [0.717, 1.165) is 63.4 Å². The Hall–Kier alpha value is -2.16. The Morgan fingerprint density at radius 2 is 2.00 bits per heavy atom. The predicted octanol–water partition coefficient (Wildman–Crippen LogP) is 2.55. The molecule has 33 heavy (non-hydrogen) atoms. The van der Waals surface area contributed by atoms with Gasteiger partial charge in [-0.05, 0) is 73.5 Å². The van der Waals surface area contributed by atoms with Crippen molar-refractivity contribution in [2.75, 3.05) is 13.2 Å². The number of hydroxylamine groups is 1. The molecule has 0 aliphatic heterocycles. The highest BCUT2D eigenvalue weighted by molar-refractivity contribution is 5.80. The molecule has 2 aliphatic rings. The van der Waals surface area contributed by atoms with E-state index in [0.29, 0.717) is 17.6 Å². The number of hydrogen-bond donors (Lipinski definition) is 4. The Kier molecular flexibility index (Phi) is 9.52. The first-order valence-electron chi connectivity index (χ1n) is 12.1. The minimum absolute atomic E-state index is 0.196. The van der Waals surface area contributed by atoms with E-state index in [-0.39, 0.29) is 24.7 Å². The van der Waals surface area contributed by atoms with Gasteiger partial charge < -0.3 is 19.7 Å². The van der Waals surface area contributed by atoms with Crippen LogP contribution in [-0.4, -0.2) is 52.7 Å². The van der Waals surface area contributed by atoms with Crippen molar-refractivity contribution in [2.45, 2.75) is 76.9 Å². The Morgan fingerprint density at radius 1 is 1.18 bits per heavy atom. The Bertz CT molecular complexity index is 799. The van der Waals surface area contributed by atoms with Crippen molar-refractivity contribution in [2.24, 2.45) is 17.8 Å². The first kappa shape index (κ1) is 25.5. The minimum Gasteiger partial charge on any atom is -0.482 e. The molecule has 1 aromatic rings. The van der Waals surface area contributed by atoms with Crippen LogP contribution in [0.25, 0.3) is 0 Å². The van der Waals surface area contributed by atoms with Crippen molar-refractivity contribution in [3.05, 3.63) is 29.3 Å². The normalized spacial score (nSPS) is 24.5. The fourth-order valence-corrected chi connectivity index (χ4v) is 5.46. The summed E-state index contributed by atoms with van der Waals surface area (Å²) in [5.74, 6) is 0.0419.